The van der Waals surface area contributed by atoms with Gasteiger partial charge in [0.1, 0.15) is 11.5 Å². The number of rotatable bonds is 3. The normalized spacial score (nSPS) is 25.0. The first kappa shape index (κ1) is 16.2. The van der Waals surface area contributed by atoms with Crippen LogP contribution in [-0.4, -0.2) is 34.9 Å². The molecule has 2 heterocycles. The lowest BCUT2D eigenvalue weighted by molar-refractivity contribution is 0.0708. The Labute approximate surface area is 152 Å². The van der Waals surface area contributed by atoms with Gasteiger partial charge in [0, 0.05) is 19.1 Å². The van der Waals surface area contributed by atoms with Crippen LogP contribution in [0.3, 0.4) is 0 Å². The third-order valence-electron chi connectivity index (χ3n) is 4.92. The molecule has 0 spiro atoms. The number of fused-ring (bicyclic) bond motifs is 1. The molecule has 7 heteroatoms. The van der Waals surface area contributed by atoms with Crippen LogP contribution in [0.2, 0.25) is 0 Å². The molecule has 1 saturated carbocycles. The molecule has 0 unspecified atom stereocenters. The molecule has 24 heavy (non-hydrogen) atoms. The summed E-state index contributed by atoms with van der Waals surface area (Å²) in [5.41, 5.74) is 7.14. The van der Waals surface area contributed by atoms with Gasteiger partial charge in [-0.05, 0) is 58.8 Å². The maximum absolute atomic E-state index is 13.5. The molecule has 2 N–H and O–H groups in total. The number of amides is 1. The predicted octanol–water partition coefficient (Wildman–Crippen LogP) is 3.44. The fraction of sp³-hybridized carbons (Fsp3) is 0.412. The van der Waals surface area contributed by atoms with Gasteiger partial charge in [0.05, 0.1) is 14.4 Å². The SMILES string of the molecule is Cc1nc(C(=O)N2C[C@@H]3C[C@@H]3[C@H]2CN)c(-c2ccc(F)c(Br)c2)s1. The lowest BCUT2D eigenvalue weighted by Gasteiger charge is -2.26. The van der Waals surface area contributed by atoms with Crippen LogP contribution in [0.15, 0.2) is 22.7 Å². The predicted molar refractivity (Wildman–Crippen MR) is 95.4 cm³/mol. The van der Waals surface area contributed by atoms with Gasteiger partial charge < -0.3 is 10.6 Å². The number of nitrogens with two attached hydrogens (primary N) is 1. The Morgan fingerprint density at radius 3 is 3.04 bits per heavy atom. The van der Waals surface area contributed by atoms with Gasteiger partial charge in [-0.15, -0.1) is 11.3 Å². The summed E-state index contributed by atoms with van der Waals surface area (Å²) in [4.78, 5) is 20.2. The lowest BCUT2D eigenvalue weighted by atomic mass is 10.1. The number of nitrogens with zero attached hydrogens (tertiary/aromatic N) is 2. The number of likely N-dealkylation sites (tertiary alicyclic amines) is 1. The highest BCUT2D eigenvalue weighted by Gasteiger charge is 2.53. The Kier molecular flexibility index (Phi) is 3.97. The molecule has 1 amide bonds. The zero-order chi connectivity index (χ0) is 17.0. The average molecular weight is 410 g/mol. The Morgan fingerprint density at radius 2 is 2.33 bits per heavy atom. The van der Waals surface area contributed by atoms with E-state index in [0.29, 0.717) is 28.5 Å². The van der Waals surface area contributed by atoms with Crippen molar-refractivity contribution >= 4 is 33.2 Å². The van der Waals surface area contributed by atoms with Gasteiger partial charge in [0.2, 0.25) is 0 Å². The van der Waals surface area contributed by atoms with Crippen molar-refractivity contribution in [2.45, 2.75) is 19.4 Å². The minimum absolute atomic E-state index is 0.0579. The molecule has 1 aromatic heterocycles. The quantitative estimate of drug-likeness (QED) is 0.844. The second-order valence-corrected chi connectivity index (χ2v) is 8.52. The Balaban J connectivity index is 1.71. The second kappa shape index (κ2) is 5.89. The molecule has 0 radical (unpaired) electrons. The van der Waals surface area contributed by atoms with Crippen molar-refractivity contribution in [2.75, 3.05) is 13.1 Å². The van der Waals surface area contributed by atoms with Crippen LogP contribution in [-0.2, 0) is 0 Å². The molecule has 2 aromatic rings. The fourth-order valence-electron chi connectivity index (χ4n) is 3.65. The van der Waals surface area contributed by atoms with Crippen LogP contribution in [0.1, 0.15) is 21.9 Å². The summed E-state index contributed by atoms with van der Waals surface area (Å²) in [5.74, 6) is 0.779. The van der Waals surface area contributed by atoms with E-state index in [1.165, 1.54) is 23.8 Å². The standard InChI is InChI=1S/C17H17BrFN3OS/c1-8-21-15(16(24-8)9-2-3-13(19)12(18)5-9)17(23)22-7-10-4-11(10)14(22)6-20/h2-3,5,10-11,14H,4,6-7,20H2,1H3/t10-,11-,14+/m0/s1. The molecule has 1 aliphatic heterocycles. The van der Waals surface area contributed by atoms with Gasteiger partial charge in [-0.1, -0.05) is 6.07 Å². The highest BCUT2D eigenvalue weighted by molar-refractivity contribution is 9.10. The zero-order valence-corrected chi connectivity index (χ0v) is 15.5. The molecule has 4 rings (SSSR count). The fourth-order valence-corrected chi connectivity index (χ4v) is 4.93. The number of benzene rings is 1. The first-order chi connectivity index (χ1) is 11.5. The number of piperidine rings is 1. The maximum atomic E-state index is 13.5. The summed E-state index contributed by atoms with van der Waals surface area (Å²) < 4.78 is 13.9. The summed E-state index contributed by atoms with van der Waals surface area (Å²) in [6.45, 7) is 3.15. The van der Waals surface area contributed by atoms with Gasteiger partial charge in [0.25, 0.3) is 5.91 Å². The van der Waals surface area contributed by atoms with E-state index in [0.717, 1.165) is 22.0 Å². The van der Waals surface area contributed by atoms with Crippen LogP contribution >= 0.6 is 27.3 Å². The monoisotopic (exact) mass is 409 g/mol. The van der Waals surface area contributed by atoms with Gasteiger partial charge in [-0.25, -0.2) is 9.37 Å². The van der Waals surface area contributed by atoms with Crippen LogP contribution < -0.4 is 5.73 Å². The molecule has 3 atom stereocenters. The minimum Gasteiger partial charge on any atom is -0.332 e. The summed E-state index contributed by atoms with van der Waals surface area (Å²) in [5, 5.41) is 0.822. The third kappa shape index (κ3) is 2.59. The van der Waals surface area contributed by atoms with Crippen molar-refractivity contribution in [3.8, 4) is 10.4 Å². The number of hydrogen-bond donors (Lipinski definition) is 1. The topological polar surface area (TPSA) is 59.2 Å². The van der Waals surface area contributed by atoms with Crippen LogP contribution in [0, 0.1) is 24.6 Å². The number of carbonyl (C=O) groups excluding carboxylic acids is 1. The van der Waals surface area contributed by atoms with Crippen molar-refractivity contribution in [1.82, 2.24) is 9.88 Å². The Bertz CT molecular complexity index is 824. The van der Waals surface area contributed by atoms with E-state index in [1.807, 2.05) is 11.8 Å². The first-order valence-corrected chi connectivity index (χ1v) is 9.54. The number of halogens is 2. The second-order valence-electron chi connectivity index (χ2n) is 6.46. The lowest BCUT2D eigenvalue weighted by Crippen LogP contribution is -2.43. The van der Waals surface area contributed by atoms with Gasteiger partial charge in [-0.2, -0.15) is 0 Å². The van der Waals surface area contributed by atoms with E-state index in [2.05, 4.69) is 20.9 Å². The van der Waals surface area contributed by atoms with Gasteiger partial charge in [0.15, 0.2) is 0 Å². The molecule has 1 aromatic carbocycles. The van der Waals surface area contributed by atoms with E-state index in [4.69, 9.17) is 5.73 Å². The van der Waals surface area contributed by atoms with E-state index >= 15 is 0 Å². The molecule has 2 fully saturated rings. The molecule has 126 valence electrons. The molecule has 1 saturated heterocycles. The van der Waals surface area contributed by atoms with Crippen molar-refractivity contribution < 1.29 is 9.18 Å². The van der Waals surface area contributed by atoms with Crippen molar-refractivity contribution in [2.24, 2.45) is 17.6 Å². The van der Waals surface area contributed by atoms with E-state index in [-0.39, 0.29) is 17.8 Å². The Hall–Kier alpha value is -1.31. The van der Waals surface area contributed by atoms with Gasteiger partial charge >= 0.3 is 0 Å². The molecule has 4 nitrogen and oxygen atoms in total. The maximum Gasteiger partial charge on any atom is 0.274 e. The molecular formula is C17H17BrFN3OS. The molecule has 2 aliphatic rings. The largest absolute Gasteiger partial charge is 0.332 e. The van der Waals surface area contributed by atoms with Crippen LogP contribution in [0.5, 0.6) is 0 Å². The minimum atomic E-state index is -0.323. The van der Waals surface area contributed by atoms with E-state index < -0.39 is 0 Å². The highest BCUT2D eigenvalue weighted by atomic mass is 79.9. The number of thiazole rings is 1. The Morgan fingerprint density at radius 1 is 1.54 bits per heavy atom. The van der Waals surface area contributed by atoms with Crippen LogP contribution in [0.4, 0.5) is 4.39 Å². The smallest absolute Gasteiger partial charge is 0.274 e. The molecular weight excluding hydrogens is 393 g/mol. The summed E-state index contributed by atoms with van der Waals surface area (Å²) >= 11 is 4.67. The number of aryl methyl sites for hydroxylation is 1. The van der Waals surface area contributed by atoms with E-state index in [9.17, 15) is 9.18 Å². The highest BCUT2D eigenvalue weighted by Crippen LogP contribution is 2.49. The van der Waals surface area contributed by atoms with Crippen molar-refractivity contribution in [1.29, 1.82) is 0 Å². The summed E-state index contributed by atoms with van der Waals surface area (Å²) in [7, 11) is 0. The van der Waals surface area contributed by atoms with Crippen molar-refractivity contribution in [3.63, 3.8) is 0 Å². The van der Waals surface area contributed by atoms with Crippen LogP contribution in [0.25, 0.3) is 10.4 Å². The molecule has 1 aliphatic carbocycles. The van der Waals surface area contributed by atoms with E-state index in [1.54, 1.807) is 12.1 Å². The average Bonchev–Trinajstić information content (AvgIpc) is 3.06. The number of carbonyl (C=O) groups is 1. The summed E-state index contributed by atoms with van der Waals surface area (Å²) in [6.07, 6.45) is 1.18. The van der Waals surface area contributed by atoms with Gasteiger partial charge in [-0.3, -0.25) is 4.79 Å². The number of hydrogen-bond acceptors (Lipinski definition) is 4. The van der Waals surface area contributed by atoms with Crippen molar-refractivity contribution in [3.05, 3.63) is 39.2 Å². The zero-order valence-electron chi connectivity index (χ0n) is 13.1. The first-order valence-electron chi connectivity index (χ1n) is 7.93. The molecule has 0 bridgehead atoms. The third-order valence-corrected chi connectivity index (χ3v) is 6.55. The summed E-state index contributed by atoms with van der Waals surface area (Å²) in [6, 6.07) is 4.90. The number of aromatic nitrogens is 1.